The number of hydrogen-bond donors (Lipinski definition) is 1. The van der Waals surface area contributed by atoms with Crippen molar-refractivity contribution in [1.82, 2.24) is 4.98 Å². The van der Waals surface area contributed by atoms with Crippen LogP contribution in [-0.4, -0.2) is 24.3 Å². The van der Waals surface area contributed by atoms with E-state index in [0.717, 1.165) is 6.20 Å². The summed E-state index contributed by atoms with van der Waals surface area (Å²) in [5, 5.41) is 10.4. The molecule has 0 aliphatic heterocycles. The van der Waals surface area contributed by atoms with Gasteiger partial charge in [-0.25, -0.2) is 4.39 Å². The van der Waals surface area contributed by atoms with Crippen LogP contribution in [0.15, 0.2) is 36.5 Å². The molecule has 1 atom stereocenters. The number of rotatable bonds is 4. The molecule has 4 nitrogen and oxygen atoms in total. The third-order valence-corrected chi connectivity index (χ3v) is 2.77. The fourth-order valence-electron chi connectivity index (χ4n) is 1.85. The van der Waals surface area contributed by atoms with E-state index in [9.17, 15) is 9.50 Å². The normalized spacial score (nSPS) is 12.0. The van der Waals surface area contributed by atoms with Gasteiger partial charge in [0.2, 0.25) is 0 Å². The lowest BCUT2D eigenvalue weighted by Gasteiger charge is -2.17. The van der Waals surface area contributed by atoms with Crippen molar-refractivity contribution in [3.63, 3.8) is 0 Å². The molecule has 0 bridgehead atoms. The van der Waals surface area contributed by atoms with Gasteiger partial charge in [0.1, 0.15) is 23.4 Å². The molecular weight excluding hydrogens is 249 g/mol. The first kappa shape index (κ1) is 13.3. The second-order valence-corrected chi connectivity index (χ2v) is 3.88. The van der Waals surface area contributed by atoms with E-state index in [1.54, 1.807) is 18.2 Å². The Labute approximate surface area is 110 Å². The van der Waals surface area contributed by atoms with Crippen molar-refractivity contribution in [1.29, 1.82) is 0 Å². The molecule has 0 fully saturated rings. The van der Waals surface area contributed by atoms with Crippen molar-refractivity contribution >= 4 is 0 Å². The van der Waals surface area contributed by atoms with Gasteiger partial charge in [0, 0.05) is 0 Å². The van der Waals surface area contributed by atoms with Crippen molar-refractivity contribution in [2.24, 2.45) is 0 Å². The van der Waals surface area contributed by atoms with Crippen LogP contribution in [0, 0.1) is 5.82 Å². The molecule has 0 spiro atoms. The van der Waals surface area contributed by atoms with Gasteiger partial charge in [0.15, 0.2) is 0 Å². The van der Waals surface area contributed by atoms with Gasteiger partial charge in [-0.05, 0) is 24.3 Å². The molecule has 2 aromatic rings. The summed E-state index contributed by atoms with van der Waals surface area (Å²) in [5.41, 5.74) is 0.788. The van der Waals surface area contributed by atoms with Crippen LogP contribution >= 0.6 is 0 Å². The number of aromatic nitrogens is 1. The van der Waals surface area contributed by atoms with Crippen LogP contribution in [0.4, 0.5) is 4.39 Å². The van der Waals surface area contributed by atoms with Gasteiger partial charge >= 0.3 is 0 Å². The molecule has 19 heavy (non-hydrogen) atoms. The maximum Gasteiger partial charge on any atom is 0.141 e. The summed E-state index contributed by atoms with van der Waals surface area (Å²) in [5.74, 6) is 0.513. The fourth-order valence-corrected chi connectivity index (χ4v) is 1.85. The molecule has 0 aliphatic carbocycles. The lowest BCUT2D eigenvalue weighted by molar-refractivity contribution is 0.204. The van der Waals surface area contributed by atoms with Gasteiger partial charge in [-0.1, -0.05) is 6.07 Å². The predicted molar refractivity (Wildman–Crippen MR) is 67.8 cm³/mol. The molecule has 1 aromatic carbocycles. The third kappa shape index (κ3) is 2.66. The van der Waals surface area contributed by atoms with Gasteiger partial charge in [0.05, 0.1) is 31.7 Å². The number of nitrogens with zero attached hydrogens (tertiary/aromatic N) is 1. The average molecular weight is 263 g/mol. The van der Waals surface area contributed by atoms with Crippen LogP contribution < -0.4 is 9.47 Å². The van der Waals surface area contributed by atoms with Crippen molar-refractivity contribution in [3.05, 3.63) is 53.6 Å². The second kappa shape index (κ2) is 5.67. The minimum Gasteiger partial charge on any atom is -0.496 e. The SMILES string of the molecule is COc1cccc(OC)c1C(O)c1ccc(F)cn1. The largest absolute Gasteiger partial charge is 0.496 e. The summed E-state index contributed by atoms with van der Waals surface area (Å²) in [6.07, 6.45) is 0.00665. The zero-order valence-corrected chi connectivity index (χ0v) is 10.6. The number of ether oxygens (including phenoxy) is 2. The minimum absolute atomic E-state index is 0.323. The molecule has 1 unspecified atom stereocenters. The van der Waals surface area contributed by atoms with Crippen LogP contribution in [0.2, 0.25) is 0 Å². The standard InChI is InChI=1S/C14H14FNO3/c1-18-11-4-3-5-12(19-2)13(11)14(17)10-7-6-9(15)8-16-10/h3-8,14,17H,1-2H3. The first-order valence-corrected chi connectivity index (χ1v) is 5.67. The highest BCUT2D eigenvalue weighted by molar-refractivity contribution is 5.48. The average Bonchev–Trinajstić information content (AvgIpc) is 2.46. The van der Waals surface area contributed by atoms with Crippen molar-refractivity contribution in [2.45, 2.75) is 6.10 Å². The summed E-state index contributed by atoms with van der Waals surface area (Å²) >= 11 is 0. The number of pyridine rings is 1. The number of halogens is 1. The van der Waals surface area contributed by atoms with Crippen molar-refractivity contribution < 1.29 is 19.0 Å². The molecule has 0 saturated carbocycles. The Morgan fingerprint density at radius 3 is 2.21 bits per heavy atom. The summed E-state index contributed by atoms with van der Waals surface area (Å²) in [4.78, 5) is 3.87. The highest BCUT2D eigenvalue weighted by Crippen LogP contribution is 2.36. The monoisotopic (exact) mass is 263 g/mol. The van der Waals surface area contributed by atoms with E-state index in [2.05, 4.69) is 4.98 Å². The Balaban J connectivity index is 2.47. The zero-order chi connectivity index (χ0) is 13.8. The molecule has 0 aliphatic rings. The molecule has 2 rings (SSSR count). The molecule has 0 radical (unpaired) electrons. The lowest BCUT2D eigenvalue weighted by Crippen LogP contribution is -2.06. The lowest BCUT2D eigenvalue weighted by atomic mass is 10.0. The maximum absolute atomic E-state index is 12.8. The van der Waals surface area contributed by atoms with E-state index in [4.69, 9.17) is 9.47 Å². The highest BCUT2D eigenvalue weighted by atomic mass is 19.1. The summed E-state index contributed by atoms with van der Waals surface area (Å²) in [7, 11) is 3.01. The smallest absolute Gasteiger partial charge is 0.141 e. The first-order valence-electron chi connectivity index (χ1n) is 5.67. The predicted octanol–water partition coefficient (Wildman–Crippen LogP) is 2.32. The molecule has 1 N–H and O–H groups in total. The number of aliphatic hydroxyl groups excluding tert-OH is 1. The number of methoxy groups -OCH3 is 2. The van der Waals surface area contributed by atoms with Crippen LogP contribution in [-0.2, 0) is 0 Å². The van der Waals surface area contributed by atoms with Crippen LogP contribution in [0.25, 0.3) is 0 Å². The summed E-state index contributed by atoms with van der Waals surface area (Å²) in [6, 6.07) is 7.85. The summed E-state index contributed by atoms with van der Waals surface area (Å²) < 4.78 is 23.3. The van der Waals surface area contributed by atoms with E-state index in [1.807, 2.05) is 0 Å². The van der Waals surface area contributed by atoms with Gasteiger partial charge in [-0.2, -0.15) is 0 Å². The third-order valence-electron chi connectivity index (χ3n) is 2.77. The Morgan fingerprint density at radius 2 is 1.74 bits per heavy atom. The summed E-state index contributed by atoms with van der Waals surface area (Å²) in [6.45, 7) is 0. The van der Waals surface area contributed by atoms with Crippen LogP contribution in [0.5, 0.6) is 11.5 Å². The Bertz CT molecular complexity index is 535. The molecule has 1 aromatic heterocycles. The first-order chi connectivity index (χ1) is 9.17. The fraction of sp³-hybridized carbons (Fsp3) is 0.214. The molecule has 1 heterocycles. The Hall–Kier alpha value is -2.14. The molecular formula is C14H14FNO3. The molecule has 5 heteroatoms. The van der Waals surface area contributed by atoms with E-state index in [1.165, 1.54) is 26.4 Å². The number of benzene rings is 1. The maximum atomic E-state index is 12.8. The van der Waals surface area contributed by atoms with Crippen molar-refractivity contribution in [2.75, 3.05) is 14.2 Å². The number of hydrogen-bond acceptors (Lipinski definition) is 4. The van der Waals surface area contributed by atoms with E-state index >= 15 is 0 Å². The van der Waals surface area contributed by atoms with Crippen molar-refractivity contribution in [3.8, 4) is 11.5 Å². The van der Waals surface area contributed by atoms with Gasteiger partial charge in [0.25, 0.3) is 0 Å². The zero-order valence-electron chi connectivity index (χ0n) is 10.6. The van der Waals surface area contributed by atoms with Crippen LogP contribution in [0.3, 0.4) is 0 Å². The number of aliphatic hydroxyl groups is 1. The molecule has 100 valence electrons. The van der Waals surface area contributed by atoms with E-state index < -0.39 is 11.9 Å². The Morgan fingerprint density at radius 1 is 1.11 bits per heavy atom. The second-order valence-electron chi connectivity index (χ2n) is 3.88. The van der Waals surface area contributed by atoms with Crippen LogP contribution in [0.1, 0.15) is 17.4 Å². The van der Waals surface area contributed by atoms with Gasteiger partial charge in [-0.3, -0.25) is 4.98 Å². The van der Waals surface area contributed by atoms with Gasteiger partial charge in [-0.15, -0.1) is 0 Å². The Kier molecular flexibility index (Phi) is 3.97. The topological polar surface area (TPSA) is 51.6 Å². The highest BCUT2D eigenvalue weighted by Gasteiger charge is 2.21. The van der Waals surface area contributed by atoms with E-state index in [-0.39, 0.29) is 0 Å². The quantitative estimate of drug-likeness (QED) is 0.919. The minimum atomic E-state index is -1.05. The van der Waals surface area contributed by atoms with Gasteiger partial charge < -0.3 is 14.6 Å². The van der Waals surface area contributed by atoms with E-state index in [0.29, 0.717) is 22.8 Å². The molecule has 0 amide bonds. The molecule has 0 saturated heterocycles.